The summed E-state index contributed by atoms with van der Waals surface area (Å²) in [6, 6.07) is 0. The van der Waals surface area contributed by atoms with Crippen molar-refractivity contribution < 1.29 is 10.0 Å². The monoisotopic (exact) mass is 229 g/mol. The van der Waals surface area contributed by atoms with E-state index in [0.29, 0.717) is 19.5 Å². The Kier molecular flexibility index (Phi) is 7.33. The lowest BCUT2D eigenvalue weighted by atomic mass is 10.0. The van der Waals surface area contributed by atoms with E-state index >= 15 is 0 Å². The number of hydrogen-bond donors (Lipinski definition) is 2. The first-order valence-corrected chi connectivity index (χ1v) is 5.88. The van der Waals surface area contributed by atoms with Crippen LogP contribution in [-0.2, 0) is 4.79 Å². The summed E-state index contributed by atoms with van der Waals surface area (Å²) in [4.78, 5) is 13.9. The van der Waals surface area contributed by atoms with Crippen LogP contribution in [0, 0.1) is 5.92 Å². The molecule has 0 saturated heterocycles. The molecule has 0 fully saturated rings. The van der Waals surface area contributed by atoms with Crippen molar-refractivity contribution in [2.75, 3.05) is 13.1 Å². The van der Waals surface area contributed by atoms with Crippen molar-refractivity contribution in [1.82, 2.24) is 4.90 Å². The molecule has 1 amide bonds. The Bertz CT molecular complexity index is 241. The minimum absolute atomic E-state index is 0.0152. The van der Waals surface area contributed by atoms with Gasteiger partial charge in [0.05, 0.1) is 5.92 Å². The summed E-state index contributed by atoms with van der Waals surface area (Å²) < 4.78 is 0. The molecule has 0 aliphatic heterocycles. The molecule has 0 spiro atoms. The van der Waals surface area contributed by atoms with Crippen LogP contribution in [0.3, 0.4) is 0 Å². The van der Waals surface area contributed by atoms with Gasteiger partial charge in [-0.3, -0.25) is 4.79 Å². The molecule has 1 atom stereocenters. The Morgan fingerprint density at radius 1 is 1.38 bits per heavy atom. The Morgan fingerprint density at radius 2 is 2.00 bits per heavy atom. The summed E-state index contributed by atoms with van der Waals surface area (Å²) in [5, 5.41) is 11.6. The fourth-order valence-electron chi connectivity index (χ4n) is 1.67. The predicted molar refractivity (Wildman–Crippen MR) is 64.4 cm³/mol. The highest BCUT2D eigenvalue weighted by Gasteiger charge is 2.26. The first-order valence-electron chi connectivity index (χ1n) is 5.88. The summed E-state index contributed by atoms with van der Waals surface area (Å²) in [6.07, 6.45) is 2.36. The maximum Gasteiger partial charge on any atom is 0.233 e. The summed E-state index contributed by atoms with van der Waals surface area (Å²) in [6.45, 7) is 7.30. The molecule has 3 N–H and O–H groups in total. The van der Waals surface area contributed by atoms with E-state index in [2.05, 4.69) is 5.16 Å². The SMILES string of the molecule is CCCC(C(=O)N(CC)CCC)C(N)=NO. The Morgan fingerprint density at radius 3 is 2.38 bits per heavy atom. The van der Waals surface area contributed by atoms with Gasteiger partial charge in [-0.15, -0.1) is 0 Å². The number of nitrogens with two attached hydrogens (primary N) is 1. The van der Waals surface area contributed by atoms with Crippen LogP contribution in [0.2, 0.25) is 0 Å². The van der Waals surface area contributed by atoms with Crippen LogP contribution in [0.15, 0.2) is 5.16 Å². The largest absolute Gasteiger partial charge is 0.409 e. The average molecular weight is 229 g/mol. The van der Waals surface area contributed by atoms with Gasteiger partial charge >= 0.3 is 0 Å². The maximum absolute atomic E-state index is 12.1. The normalized spacial score (nSPS) is 13.6. The predicted octanol–water partition coefficient (Wildman–Crippen LogP) is 1.41. The van der Waals surface area contributed by atoms with Gasteiger partial charge in [0.1, 0.15) is 0 Å². The number of amides is 1. The van der Waals surface area contributed by atoms with Crippen LogP contribution in [0.25, 0.3) is 0 Å². The highest BCUT2D eigenvalue weighted by Crippen LogP contribution is 2.11. The second kappa shape index (κ2) is 7.96. The van der Waals surface area contributed by atoms with E-state index in [1.165, 1.54) is 0 Å². The number of carbonyl (C=O) groups is 1. The van der Waals surface area contributed by atoms with Crippen molar-refractivity contribution in [3.05, 3.63) is 0 Å². The van der Waals surface area contributed by atoms with Crippen molar-refractivity contribution in [1.29, 1.82) is 0 Å². The summed E-state index contributed by atoms with van der Waals surface area (Å²) in [5.74, 6) is -0.510. The molecule has 0 aromatic rings. The third-order valence-electron chi connectivity index (χ3n) is 2.53. The first-order chi connectivity index (χ1) is 7.62. The van der Waals surface area contributed by atoms with Gasteiger partial charge in [0.25, 0.3) is 0 Å². The fourth-order valence-corrected chi connectivity index (χ4v) is 1.67. The molecule has 5 nitrogen and oxygen atoms in total. The number of rotatable bonds is 7. The molecule has 0 radical (unpaired) electrons. The zero-order valence-corrected chi connectivity index (χ0v) is 10.4. The van der Waals surface area contributed by atoms with Gasteiger partial charge in [-0.05, 0) is 19.8 Å². The number of amidine groups is 1. The van der Waals surface area contributed by atoms with E-state index in [1.807, 2.05) is 20.8 Å². The lowest BCUT2D eigenvalue weighted by Gasteiger charge is -2.25. The van der Waals surface area contributed by atoms with Gasteiger partial charge in [-0.1, -0.05) is 25.4 Å². The van der Waals surface area contributed by atoms with E-state index < -0.39 is 5.92 Å². The second-order valence-corrected chi connectivity index (χ2v) is 3.78. The van der Waals surface area contributed by atoms with Crippen molar-refractivity contribution in [3.8, 4) is 0 Å². The molecule has 16 heavy (non-hydrogen) atoms. The van der Waals surface area contributed by atoms with E-state index in [-0.39, 0.29) is 11.7 Å². The molecule has 5 heteroatoms. The zero-order chi connectivity index (χ0) is 12.6. The summed E-state index contributed by atoms with van der Waals surface area (Å²) in [5.41, 5.74) is 5.55. The van der Waals surface area contributed by atoms with Crippen LogP contribution >= 0.6 is 0 Å². The number of hydrogen-bond acceptors (Lipinski definition) is 3. The minimum atomic E-state index is -0.485. The molecule has 0 aromatic carbocycles. The maximum atomic E-state index is 12.1. The second-order valence-electron chi connectivity index (χ2n) is 3.78. The highest BCUT2D eigenvalue weighted by molar-refractivity contribution is 6.02. The lowest BCUT2D eigenvalue weighted by Crippen LogP contribution is -2.42. The van der Waals surface area contributed by atoms with E-state index in [9.17, 15) is 4.79 Å². The third-order valence-corrected chi connectivity index (χ3v) is 2.53. The van der Waals surface area contributed by atoms with Crippen molar-refractivity contribution in [2.45, 2.75) is 40.0 Å². The van der Waals surface area contributed by atoms with Gasteiger partial charge in [0, 0.05) is 13.1 Å². The topological polar surface area (TPSA) is 78.9 Å². The lowest BCUT2D eigenvalue weighted by molar-refractivity contribution is -0.133. The zero-order valence-electron chi connectivity index (χ0n) is 10.4. The van der Waals surface area contributed by atoms with Crippen molar-refractivity contribution >= 4 is 11.7 Å². The molecule has 0 bridgehead atoms. The Labute approximate surface area is 97.3 Å². The van der Waals surface area contributed by atoms with Gasteiger partial charge in [-0.2, -0.15) is 0 Å². The van der Waals surface area contributed by atoms with Crippen LogP contribution in [0.4, 0.5) is 0 Å². The van der Waals surface area contributed by atoms with Gasteiger partial charge in [-0.25, -0.2) is 0 Å². The van der Waals surface area contributed by atoms with E-state index in [1.54, 1.807) is 4.90 Å². The van der Waals surface area contributed by atoms with Crippen LogP contribution in [0.1, 0.15) is 40.0 Å². The van der Waals surface area contributed by atoms with Gasteiger partial charge < -0.3 is 15.8 Å². The van der Waals surface area contributed by atoms with E-state index in [0.717, 1.165) is 12.8 Å². The van der Waals surface area contributed by atoms with Crippen molar-refractivity contribution in [2.24, 2.45) is 16.8 Å². The first kappa shape index (κ1) is 14.7. The molecule has 0 rings (SSSR count). The highest BCUT2D eigenvalue weighted by atomic mass is 16.4. The minimum Gasteiger partial charge on any atom is -0.409 e. The summed E-state index contributed by atoms with van der Waals surface area (Å²) in [7, 11) is 0. The quantitative estimate of drug-likeness (QED) is 0.300. The number of carbonyl (C=O) groups excluding carboxylic acids is 1. The molecule has 94 valence electrons. The Hall–Kier alpha value is -1.26. The van der Waals surface area contributed by atoms with Crippen LogP contribution in [-0.4, -0.2) is 34.9 Å². The molecular weight excluding hydrogens is 206 g/mol. The standard InChI is InChI=1S/C11H23N3O2/c1-4-7-9(10(12)13-16)11(15)14(6-3)8-5-2/h9,16H,4-8H2,1-3H3,(H2,12,13). The molecule has 0 aliphatic carbocycles. The molecule has 0 heterocycles. The smallest absolute Gasteiger partial charge is 0.233 e. The average Bonchev–Trinajstić information content (AvgIpc) is 2.31. The molecule has 0 aromatic heterocycles. The third kappa shape index (κ3) is 4.08. The number of oxime groups is 1. The van der Waals surface area contributed by atoms with Crippen LogP contribution < -0.4 is 5.73 Å². The fraction of sp³-hybridized carbons (Fsp3) is 0.818. The van der Waals surface area contributed by atoms with Gasteiger partial charge in [0.15, 0.2) is 5.84 Å². The van der Waals surface area contributed by atoms with E-state index in [4.69, 9.17) is 10.9 Å². The van der Waals surface area contributed by atoms with Crippen LogP contribution in [0.5, 0.6) is 0 Å². The molecular formula is C11H23N3O2. The number of nitrogens with zero attached hydrogens (tertiary/aromatic N) is 2. The Balaban J connectivity index is 4.70. The molecule has 1 unspecified atom stereocenters. The molecule has 0 aliphatic rings. The summed E-state index contributed by atoms with van der Waals surface area (Å²) >= 11 is 0. The molecule has 0 saturated carbocycles. The van der Waals surface area contributed by atoms with Gasteiger partial charge in [0.2, 0.25) is 5.91 Å². The van der Waals surface area contributed by atoms with Crippen molar-refractivity contribution in [3.63, 3.8) is 0 Å².